The lowest BCUT2D eigenvalue weighted by molar-refractivity contribution is 0.322. The number of ether oxygens (including phenoxy) is 1. The molecule has 0 aromatic carbocycles. The predicted molar refractivity (Wildman–Crippen MR) is 82.4 cm³/mol. The Labute approximate surface area is 122 Å². The number of hydrogen-bond acceptors (Lipinski definition) is 4. The summed E-state index contributed by atoms with van der Waals surface area (Å²) in [6, 6.07) is 1.92. The molecule has 2 rings (SSSR count). The molecule has 0 amide bonds. The summed E-state index contributed by atoms with van der Waals surface area (Å²) < 4.78 is 5.59. The van der Waals surface area contributed by atoms with Crippen molar-refractivity contribution in [1.29, 1.82) is 0 Å². The molecule has 4 heteroatoms. The molecule has 4 nitrogen and oxygen atoms in total. The molecule has 1 aliphatic carbocycles. The zero-order valence-electron chi connectivity index (χ0n) is 12.8. The van der Waals surface area contributed by atoms with Crippen molar-refractivity contribution in [2.75, 3.05) is 18.5 Å². The smallest absolute Gasteiger partial charge is 0.218 e. The topological polar surface area (TPSA) is 47.0 Å². The van der Waals surface area contributed by atoms with Crippen molar-refractivity contribution >= 4 is 5.82 Å². The Kier molecular flexibility index (Phi) is 6.09. The highest BCUT2D eigenvalue weighted by atomic mass is 16.5. The van der Waals surface area contributed by atoms with Crippen molar-refractivity contribution in [3.05, 3.63) is 11.9 Å². The van der Waals surface area contributed by atoms with Gasteiger partial charge in [0.2, 0.25) is 5.88 Å². The van der Waals surface area contributed by atoms with E-state index in [0.717, 1.165) is 24.6 Å². The fourth-order valence-corrected chi connectivity index (χ4v) is 2.69. The van der Waals surface area contributed by atoms with Crippen molar-refractivity contribution in [3.8, 4) is 5.88 Å². The van der Waals surface area contributed by atoms with Crippen molar-refractivity contribution in [2.45, 2.75) is 64.7 Å². The summed E-state index contributed by atoms with van der Waals surface area (Å²) >= 11 is 0. The van der Waals surface area contributed by atoms with Crippen LogP contribution in [0.2, 0.25) is 0 Å². The van der Waals surface area contributed by atoms with E-state index in [-0.39, 0.29) is 0 Å². The van der Waals surface area contributed by atoms with Gasteiger partial charge in [-0.05, 0) is 26.2 Å². The van der Waals surface area contributed by atoms with Crippen LogP contribution in [0.4, 0.5) is 5.82 Å². The lowest BCUT2D eigenvalue weighted by atomic mass is 9.89. The summed E-state index contributed by atoms with van der Waals surface area (Å²) in [7, 11) is 0. The van der Waals surface area contributed by atoms with Crippen LogP contribution < -0.4 is 10.1 Å². The molecule has 112 valence electrons. The Bertz CT molecular complexity index is 403. The van der Waals surface area contributed by atoms with Gasteiger partial charge in [0.1, 0.15) is 11.6 Å². The average Bonchev–Trinajstić information content (AvgIpc) is 2.49. The molecule has 1 fully saturated rings. The van der Waals surface area contributed by atoms with Gasteiger partial charge < -0.3 is 10.1 Å². The summed E-state index contributed by atoms with van der Waals surface area (Å²) in [6.07, 6.45) is 8.72. The second-order valence-corrected chi connectivity index (χ2v) is 5.50. The van der Waals surface area contributed by atoms with Gasteiger partial charge in [0.15, 0.2) is 0 Å². The van der Waals surface area contributed by atoms with Gasteiger partial charge >= 0.3 is 0 Å². The maximum Gasteiger partial charge on any atom is 0.218 e. The summed E-state index contributed by atoms with van der Waals surface area (Å²) in [4.78, 5) is 9.31. The maximum atomic E-state index is 5.59. The quantitative estimate of drug-likeness (QED) is 0.761. The van der Waals surface area contributed by atoms with Crippen LogP contribution in [0.3, 0.4) is 0 Å². The second-order valence-electron chi connectivity index (χ2n) is 5.50. The van der Waals surface area contributed by atoms with E-state index in [0.29, 0.717) is 18.4 Å². The standard InChI is InChI=1S/C16H27N3O/c1-3-5-11-17-14-12-15(20-4-2)19-16(18-14)13-9-7-6-8-10-13/h12-13H,3-11H2,1-2H3,(H,17,18,19). The van der Waals surface area contributed by atoms with Crippen molar-refractivity contribution in [1.82, 2.24) is 9.97 Å². The summed E-state index contributed by atoms with van der Waals surface area (Å²) in [6.45, 7) is 5.80. The van der Waals surface area contributed by atoms with Crippen LogP contribution in [0.25, 0.3) is 0 Å². The van der Waals surface area contributed by atoms with E-state index < -0.39 is 0 Å². The molecule has 1 heterocycles. The summed E-state index contributed by atoms with van der Waals surface area (Å²) in [5.74, 6) is 3.10. The first kappa shape index (κ1) is 15.1. The van der Waals surface area contributed by atoms with Crippen molar-refractivity contribution < 1.29 is 4.74 Å². The molecule has 0 aliphatic heterocycles. The molecule has 0 radical (unpaired) electrons. The molecule has 1 saturated carbocycles. The van der Waals surface area contributed by atoms with Gasteiger partial charge in [-0.1, -0.05) is 32.6 Å². The lowest BCUT2D eigenvalue weighted by Crippen LogP contribution is -2.12. The number of hydrogen-bond donors (Lipinski definition) is 1. The minimum absolute atomic E-state index is 0.510. The van der Waals surface area contributed by atoms with Crippen LogP contribution in [0, 0.1) is 0 Å². The molecule has 0 atom stereocenters. The van der Waals surface area contributed by atoms with Gasteiger partial charge in [-0.25, -0.2) is 4.98 Å². The highest BCUT2D eigenvalue weighted by Gasteiger charge is 2.19. The number of nitrogens with zero attached hydrogens (tertiary/aromatic N) is 2. The van der Waals surface area contributed by atoms with E-state index in [9.17, 15) is 0 Å². The third kappa shape index (κ3) is 4.36. The third-order valence-corrected chi connectivity index (χ3v) is 3.82. The first-order valence-electron chi connectivity index (χ1n) is 8.09. The Morgan fingerprint density at radius 3 is 2.70 bits per heavy atom. The van der Waals surface area contributed by atoms with Crippen LogP contribution in [-0.4, -0.2) is 23.1 Å². The highest BCUT2D eigenvalue weighted by Crippen LogP contribution is 2.32. The number of aromatic nitrogens is 2. The lowest BCUT2D eigenvalue weighted by Gasteiger charge is -2.21. The molecule has 1 aliphatic rings. The van der Waals surface area contributed by atoms with Gasteiger partial charge in [-0.15, -0.1) is 0 Å². The second kappa shape index (κ2) is 8.08. The first-order valence-corrected chi connectivity index (χ1v) is 8.09. The fraction of sp³-hybridized carbons (Fsp3) is 0.750. The van der Waals surface area contributed by atoms with Crippen molar-refractivity contribution in [3.63, 3.8) is 0 Å². The molecule has 0 unspecified atom stereocenters. The highest BCUT2D eigenvalue weighted by molar-refractivity contribution is 5.39. The minimum atomic E-state index is 0.510. The Morgan fingerprint density at radius 2 is 2.00 bits per heavy atom. The van der Waals surface area contributed by atoms with Gasteiger partial charge in [-0.3, -0.25) is 0 Å². The zero-order valence-corrected chi connectivity index (χ0v) is 12.8. The normalized spacial score (nSPS) is 16.1. The molecular formula is C16H27N3O. The van der Waals surface area contributed by atoms with E-state index in [2.05, 4.69) is 17.2 Å². The minimum Gasteiger partial charge on any atom is -0.478 e. The Morgan fingerprint density at radius 1 is 1.20 bits per heavy atom. The Balaban J connectivity index is 2.11. The van der Waals surface area contributed by atoms with Crippen LogP contribution in [0.5, 0.6) is 5.88 Å². The fourth-order valence-electron chi connectivity index (χ4n) is 2.69. The van der Waals surface area contributed by atoms with Crippen LogP contribution in [-0.2, 0) is 0 Å². The van der Waals surface area contributed by atoms with E-state index in [1.807, 2.05) is 13.0 Å². The monoisotopic (exact) mass is 277 g/mol. The third-order valence-electron chi connectivity index (χ3n) is 3.82. The van der Waals surface area contributed by atoms with E-state index in [1.165, 1.54) is 38.5 Å². The molecule has 0 saturated heterocycles. The SMILES string of the molecule is CCCCNc1cc(OCC)nc(C2CCCCC2)n1. The van der Waals surface area contributed by atoms with Crippen LogP contribution >= 0.6 is 0 Å². The van der Waals surface area contributed by atoms with Gasteiger partial charge in [0.25, 0.3) is 0 Å². The van der Waals surface area contributed by atoms with E-state index in [4.69, 9.17) is 9.72 Å². The van der Waals surface area contributed by atoms with Crippen LogP contribution in [0.1, 0.15) is 70.5 Å². The molecule has 20 heavy (non-hydrogen) atoms. The van der Waals surface area contributed by atoms with Crippen LogP contribution in [0.15, 0.2) is 6.07 Å². The first-order chi connectivity index (χ1) is 9.83. The zero-order chi connectivity index (χ0) is 14.2. The molecule has 1 aromatic heterocycles. The molecule has 1 N–H and O–H groups in total. The van der Waals surface area contributed by atoms with Gasteiger partial charge in [0, 0.05) is 18.5 Å². The van der Waals surface area contributed by atoms with E-state index in [1.54, 1.807) is 0 Å². The van der Waals surface area contributed by atoms with E-state index >= 15 is 0 Å². The van der Waals surface area contributed by atoms with Crippen molar-refractivity contribution in [2.24, 2.45) is 0 Å². The van der Waals surface area contributed by atoms with Gasteiger partial charge in [-0.2, -0.15) is 4.98 Å². The number of nitrogens with one attached hydrogen (secondary N) is 1. The maximum absolute atomic E-state index is 5.59. The largest absolute Gasteiger partial charge is 0.478 e. The molecule has 1 aromatic rings. The van der Waals surface area contributed by atoms with Gasteiger partial charge in [0.05, 0.1) is 6.61 Å². The summed E-state index contributed by atoms with van der Waals surface area (Å²) in [5.41, 5.74) is 0. The molecule has 0 bridgehead atoms. The molecule has 0 spiro atoms. The number of unbranched alkanes of at least 4 members (excludes halogenated alkanes) is 1. The predicted octanol–water partition coefficient (Wildman–Crippen LogP) is 4.14. The Hall–Kier alpha value is -1.32. The number of anilines is 1. The average molecular weight is 277 g/mol. The summed E-state index contributed by atoms with van der Waals surface area (Å²) in [5, 5.41) is 3.39. The molecular weight excluding hydrogens is 250 g/mol. The number of rotatable bonds is 7.